The van der Waals surface area contributed by atoms with Crippen LogP contribution in [0.4, 0.5) is 11.4 Å². The molecule has 0 radical (unpaired) electrons. The Kier molecular flexibility index (Phi) is 6.40. The molecule has 1 heterocycles. The van der Waals surface area contributed by atoms with Gasteiger partial charge in [-0.05, 0) is 48.5 Å². The van der Waals surface area contributed by atoms with Crippen molar-refractivity contribution in [3.05, 3.63) is 48.5 Å². The Bertz CT molecular complexity index is 1050. The van der Waals surface area contributed by atoms with Gasteiger partial charge in [-0.1, -0.05) is 10.4 Å². The summed E-state index contributed by atoms with van der Waals surface area (Å²) in [5.74, 6) is 0. The van der Waals surface area contributed by atoms with Gasteiger partial charge in [-0.25, -0.2) is 27.1 Å². The second kappa shape index (κ2) is 8.83. The first-order valence-electron chi connectivity index (χ1n) is 8.70. The lowest BCUT2D eigenvalue weighted by atomic mass is 10.3. The molecule has 2 aromatic carbocycles. The first-order valence-corrected chi connectivity index (χ1v) is 11.8. The molecule has 1 aliphatic heterocycles. The van der Waals surface area contributed by atoms with Crippen LogP contribution < -0.4 is 10.3 Å². The molecular weight excluding hydrogens is 432 g/mol. The van der Waals surface area contributed by atoms with E-state index in [2.05, 4.69) is 20.7 Å². The molecule has 14 heteroatoms. The average molecular weight is 453 g/mol. The molecule has 0 atom stereocenters. The molecule has 160 valence electrons. The SMILES string of the molecule is NS(=O)(=O)c1ccc(N=NN2CCN(N=Nc3ccc(S(N)(=O)=O)cc3)CC2)cc1. The molecule has 0 aliphatic carbocycles. The van der Waals surface area contributed by atoms with Crippen molar-refractivity contribution in [2.24, 2.45) is 31.0 Å². The van der Waals surface area contributed by atoms with Crippen molar-refractivity contribution in [1.82, 2.24) is 10.0 Å². The van der Waals surface area contributed by atoms with Crippen LogP contribution in [0.3, 0.4) is 0 Å². The van der Waals surface area contributed by atoms with Crippen LogP contribution in [-0.4, -0.2) is 53.0 Å². The molecule has 3 rings (SSSR count). The van der Waals surface area contributed by atoms with Crippen molar-refractivity contribution >= 4 is 31.4 Å². The number of nitrogens with zero attached hydrogens (tertiary/aromatic N) is 6. The van der Waals surface area contributed by atoms with Gasteiger partial charge in [0, 0.05) is 0 Å². The van der Waals surface area contributed by atoms with Crippen LogP contribution >= 0.6 is 0 Å². The van der Waals surface area contributed by atoms with E-state index >= 15 is 0 Å². The minimum Gasteiger partial charge on any atom is -0.275 e. The number of piperazine rings is 1. The van der Waals surface area contributed by atoms with E-state index in [0.717, 1.165) is 0 Å². The molecular formula is C16H20N8O4S2. The number of hydrogen-bond donors (Lipinski definition) is 2. The Hall–Kier alpha value is -2.94. The summed E-state index contributed by atoms with van der Waals surface area (Å²) < 4.78 is 45.0. The van der Waals surface area contributed by atoms with E-state index in [1.54, 1.807) is 10.0 Å². The highest BCUT2D eigenvalue weighted by molar-refractivity contribution is 7.89. The number of primary sulfonamides is 2. The average Bonchev–Trinajstić information content (AvgIpc) is 2.71. The van der Waals surface area contributed by atoms with Crippen molar-refractivity contribution < 1.29 is 16.8 Å². The van der Waals surface area contributed by atoms with Crippen LogP contribution in [0.15, 0.2) is 79.0 Å². The summed E-state index contributed by atoms with van der Waals surface area (Å²) in [4.78, 5) is 0.0273. The highest BCUT2D eigenvalue weighted by Gasteiger charge is 2.14. The summed E-state index contributed by atoms with van der Waals surface area (Å²) in [7, 11) is -7.47. The molecule has 0 spiro atoms. The van der Waals surface area contributed by atoms with Crippen LogP contribution in [0.1, 0.15) is 0 Å². The lowest BCUT2D eigenvalue weighted by molar-refractivity contribution is 0.126. The zero-order chi connectivity index (χ0) is 21.8. The molecule has 1 aliphatic rings. The van der Waals surface area contributed by atoms with Crippen molar-refractivity contribution in [2.75, 3.05) is 26.2 Å². The van der Waals surface area contributed by atoms with Crippen molar-refractivity contribution in [3.8, 4) is 0 Å². The van der Waals surface area contributed by atoms with E-state index in [4.69, 9.17) is 10.3 Å². The van der Waals surface area contributed by atoms with E-state index in [-0.39, 0.29) is 9.79 Å². The summed E-state index contributed by atoms with van der Waals surface area (Å²) >= 11 is 0. The summed E-state index contributed by atoms with van der Waals surface area (Å²) in [6.45, 7) is 2.29. The molecule has 0 aromatic heterocycles. The van der Waals surface area contributed by atoms with Gasteiger partial charge in [-0.15, -0.1) is 10.2 Å². The molecule has 0 amide bonds. The van der Waals surface area contributed by atoms with Gasteiger partial charge in [-0.3, -0.25) is 10.0 Å². The molecule has 12 nitrogen and oxygen atoms in total. The Balaban J connectivity index is 1.51. The maximum absolute atomic E-state index is 11.2. The van der Waals surface area contributed by atoms with Gasteiger partial charge in [0.2, 0.25) is 20.0 Å². The van der Waals surface area contributed by atoms with Crippen LogP contribution in [0.2, 0.25) is 0 Å². The lowest BCUT2D eigenvalue weighted by Gasteiger charge is -2.29. The van der Waals surface area contributed by atoms with Crippen LogP contribution in [-0.2, 0) is 20.0 Å². The van der Waals surface area contributed by atoms with E-state index in [0.29, 0.717) is 37.6 Å². The Labute approximate surface area is 173 Å². The number of hydrogen-bond acceptors (Lipinski definition) is 8. The van der Waals surface area contributed by atoms with E-state index in [1.807, 2.05) is 0 Å². The topological polar surface area (TPSA) is 176 Å². The van der Waals surface area contributed by atoms with Gasteiger partial charge in [0.25, 0.3) is 0 Å². The molecule has 1 fully saturated rings. The minimum absolute atomic E-state index is 0.0136. The predicted molar refractivity (Wildman–Crippen MR) is 108 cm³/mol. The number of rotatable bonds is 6. The van der Waals surface area contributed by atoms with Crippen LogP contribution in [0.5, 0.6) is 0 Å². The normalized spacial score (nSPS) is 15.9. The number of benzene rings is 2. The standard InChI is InChI=1S/C16H20N8O4S2/c17-29(25,26)15-5-1-13(2-6-15)19-21-23-9-11-24(12-10-23)22-20-14-3-7-16(8-4-14)30(18,27)28/h1-8H,9-12H2,(H2,17,25,26)(H2,18,27,28). The maximum Gasteiger partial charge on any atom is 0.238 e. The van der Waals surface area contributed by atoms with Gasteiger partial charge in [-0.2, -0.15) is 0 Å². The second-order valence-electron chi connectivity index (χ2n) is 6.36. The van der Waals surface area contributed by atoms with E-state index in [1.165, 1.54) is 48.5 Å². The highest BCUT2D eigenvalue weighted by Crippen LogP contribution is 2.18. The monoisotopic (exact) mass is 452 g/mol. The smallest absolute Gasteiger partial charge is 0.238 e. The highest BCUT2D eigenvalue weighted by atomic mass is 32.2. The fraction of sp³-hybridized carbons (Fsp3) is 0.250. The fourth-order valence-electron chi connectivity index (χ4n) is 2.50. The molecule has 2 aromatic rings. The quantitative estimate of drug-likeness (QED) is 0.624. The Morgan fingerprint density at radius 3 is 1.17 bits per heavy atom. The fourth-order valence-corrected chi connectivity index (χ4v) is 3.53. The first-order chi connectivity index (χ1) is 14.1. The summed E-state index contributed by atoms with van der Waals surface area (Å²) in [6.07, 6.45) is 0. The molecule has 4 N–H and O–H groups in total. The number of nitrogens with two attached hydrogens (primary N) is 2. The third-order valence-corrected chi connectivity index (χ3v) is 5.99. The number of sulfonamides is 2. The van der Waals surface area contributed by atoms with Gasteiger partial charge in [0.1, 0.15) is 0 Å². The zero-order valence-electron chi connectivity index (χ0n) is 15.7. The van der Waals surface area contributed by atoms with Crippen molar-refractivity contribution in [3.63, 3.8) is 0 Å². The van der Waals surface area contributed by atoms with Crippen LogP contribution in [0.25, 0.3) is 0 Å². The van der Waals surface area contributed by atoms with E-state index < -0.39 is 20.0 Å². The van der Waals surface area contributed by atoms with E-state index in [9.17, 15) is 16.8 Å². The first kappa shape index (κ1) is 21.8. The maximum atomic E-state index is 11.2. The van der Waals surface area contributed by atoms with Gasteiger partial charge in [0.15, 0.2) is 0 Å². The summed E-state index contributed by atoms with van der Waals surface area (Å²) in [6, 6.07) is 11.6. The molecule has 30 heavy (non-hydrogen) atoms. The Morgan fingerprint density at radius 2 is 0.900 bits per heavy atom. The van der Waals surface area contributed by atoms with Crippen molar-refractivity contribution in [1.29, 1.82) is 0 Å². The van der Waals surface area contributed by atoms with Gasteiger partial charge < -0.3 is 0 Å². The summed E-state index contributed by atoms with van der Waals surface area (Å²) in [5.41, 5.74) is 1.01. The van der Waals surface area contributed by atoms with Crippen LogP contribution in [0, 0.1) is 0 Å². The van der Waals surface area contributed by atoms with Gasteiger partial charge in [0.05, 0.1) is 47.3 Å². The zero-order valence-corrected chi connectivity index (χ0v) is 17.4. The molecule has 1 saturated heterocycles. The summed E-state index contributed by atoms with van der Waals surface area (Å²) in [5, 5.41) is 30.1. The molecule has 0 unspecified atom stereocenters. The largest absolute Gasteiger partial charge is 0.275 e. The van der Waals surface area contributed by atoms with Gasteiger partial charge >= 0.3 is 0 Å². The molecule has 0 bridgehead atoms. The van der Waals surface area contributed by atoms with Crippen molar-refractivity contribution in [2.45, 2.75) is 9.79 Å². The molecule has 0 saturated carbocycles. The predicted octanol–water partition coefficient (Wildman–Crippen LogP) is 1.30. The second-order valence-corrected chi connectivity index (χ2v) is 9.49. The minimum atomic E-state index is -3.74. The lowest BCUT2D eigenvalue weighted by Crippen LogP contribution is -2.40. The third kappa shape index (κ3) is 6.03. The third-order valence-electron chi connectivity index (χ3n) is 4.14. The Morgan fingerprint density at radius 1 is 0.600 bits per heavy atom.